The molecule has 1 N–H and O–H groups in total. The largest absolute Gasteiger partial charge is 0.468 e. The van der Waals surface area contributed by atoms with Crippen LogP contribution in [-0.4, -0.2) is 49.7 Å². The molecule has 112 valence electrons. The van der Waals surface area contributed by atoms with Crippen LogP contribution in [0.2, 0.25) is 0 Å². The van der Waals surface area contributed by atoms with E-state index in [-0.39, 0.29) is 12.0 Å². The Morgan fingerprint density at radius 3 is 2.58 bits per heavy atom. The lowest BCUT2D eigenvalue weighted by atomic mass is 10.1. The number of hydrogen-bond acceptors (Lipinski definition) is 4. The van der Waals surface area contributed by atoms with Crippen molar-refractivity contribution < 1.29 is 9.53 Å². The van der Waals surface area contributed by atoms with Gasteiger partial charge in [0.25, 0.3) is 0 Å². The van der Waals surface area contributed by atoms with Gasteiger partial charge in [-0.2, -0.15) is 0 Å². The summed E-state index contributed by atoms with van der Waals surface area (Å²) < 4.78 is 4.88. The van der Waals surface area contributed by atoms with Crippen molar-refractivity contribution in [2.75, 3.05) is 26.7 Å². The van der Waals surface area contributed by atoms with Crippen LogP contribution in [0.5, 0.6) is 0 Å². The number of methoxy groups -OCH3 is 1. The zero-order chi connectivity index (χ0) is 14.3. The molecule has 19 heavy (non-hydrogen) atoms. The van der Waals surface area contributed by atoms with Gasteiger partial charge in [-0.15, -0.1) is 0 Å². The highest BCUT2D eigenvalue weighted by molar-refractivity contribution is 5.75. The fourth-order valence-electron chi connectivity index (χ4n) is 2.25. The van der Waals surface area contributed by atoms with Crippen molar-refractivity contribution in [3.63, 3.8) is 0 Å². The lowest BCUT2D eigenvalue weighted by molar-refractivity contribution is -0.143. The van der Waals surface area contributed by atoms with Gasteiger partial charge in [-0.1, -0.05) is 6.92 Å². The van der Waals surface area contributed by atoms with Gasteiger partial charge in [0.15, 0.2) is 0 Å². The average molecular weight is 270 g/mol. The lowest BCUT2D eigenvalue weighted by Gasteiger charge is -2.28. The van der Waals surface area contributed by atoms with Gasteiger partial charge in [0.2, 0.25) is 0 Å². The number of nitrogens with one attached hydrogen (secondary N) is 1. The van der Waals surface area contributed by atoms with Crippen LogP contribution in [0.25, 0.3) is 0 Å². The van der Waals surface area contributed by atoms with E-state index in [4.69, 9.17) is 4.74 Å². The first-order valence-corrected chi connectivity index (χ1v) is 7.63. The van der Waals surface area contributed by atoms with Crippen molar-refractivity contribution in [1.29, 1.82) is 0 Å². The fraction of sp³-hybridized carbons (Fsp3) is 0.933. The summed E-state index contributed by atoms with van der Waals surface area (Å²) in [7, 11) is 1.47. The molecule has 0 heterocycles. The summed E-state index contributed by atoms with van der Waals surface area (Å²) in [5.74, 6) is 0.756. The van der Waals surface area contributed by atoms with Gasteiger partial charge in [0, 0.05) is 19.1 Å². The van der Waals surface area contributed by atoms with Gasteiger partial charge in [-0.3, -0.25) is 4.79 Å². The number of nitrogens with zero attached hydrogens (tertiary/aromatic N) is 1. The summed E-state index contributed by atoms with van der Waals surface area (Å²) in [5, 5.41) is 3.28. The number of esters is 1. The van der Waals surface area contributed by atoms with E-state index in [1.54, 1.807) is 0 Å². The van der Waals surface area contributed by atoms with Crippen molar-refractivity contribution in [1.82, 2.24) is 10.2 Å². The van der Waals surface area contributed by atoms with E-state index in [9.17, 15) is 4.79 Å². The average Bonchev–Trinajstić information content (AvgIpc) is 3.20. The molecule has 0 bridgehead atoms. The first kappa shape index (κ1) is 16.4. The second-order valence-corrected chi connectivity index (χ2v) is 5.85. The molecule has 0 spiro atoms. The number of rotatable bonds is 10. The summed E-state index contributed by atoms with van der Waals surface area (Å²) in [5.41, 5.74) is 0. The highest BCUT2D eigenvalue weighted by Gasteiger charge is 2.26. The number of carbonyl (C=O) groups excluding carboxylic acids is 1. The number of carbonyl (C=O) groups is 1. The molecule has 1 atom stereocenters. The van der Waals surface area contributed by atoms with Crippen LogP contribution in [0.15, 0.2) is 0 Å². The first-order valence-electron chi connectivity index (χ1n) is 7.63. The molecule has 1 saturated carbocycles. The Labute approximate surface area is 117 Å². The van der Waals surface area contributed by atoms with Gasteiger partial charge in [0.05, 0.1) is 7.11 Å². The standard InChI is InChI=1S/C15H30N2O2/c1-5-9-16-14(15(18)19-4)8-10-17(12(2)3)11-13-6-7-13/h12-14,16H,5-11H2,1-4H3. The van der Waals surface area contributed by atoms with E-state index in [0.29, 0.717) is 6.04 Å². The first-order chi connectivity index (χ1) is 9.08. The zero-order valence-electron chi connectivity index (χ0n) is 12.9. The normalized spacial score (nSPS) is 16.9. The van der Waals surface area contributed by atoms with E-state index in [1.807, 2.05) is 0 Å². The Bertz CT molecular complexity index is 265. The quantitative estimate of drug-likeness (QED) is 0.617. The Morgan fingerprint density at radius 1 is 1.42 bits per heavy atom. The third-order valence-electron chi connectivity index (χ3n) is 3.75. The minimum absolute atomic E-state index is 0.136. The SMILES string of the molecule is CCCNC(CCN(CC1CC1)C(C)C)C(=O)OC. The van der Waals surface area contributed by atoms with Crippen LogP contribution in [0.3, 0.4) is 0 Å². The summed E-state index contributed by atoms with van der Waals surface area (Å²) in [6.45, 7) is 9.58. The van der Waals surface area contributed by atoms with Crippen molar-refractivity contribution in [3.05, 3.63) is 0 Å². The maximum absolute atomic E-state index is 11.7. The second kappa shape index (κ2) is 8.54. The highest BCUT2D eigenvalue weighted by Crippen LogP contribution is 2.30. The second-order valence-electron chi connectivity index (χ2n) is 5.85. The molecular formula is C15H30N2O2. The van der Waals surface area contributed by atoms with Crippen LogP contribution in [-0.2, 0) is 9.53 Å². The number of hydrogen-bond donors (Lipinski definition) is 1. The molecule has 0 aromatic carbocycles. The molecule has 1 unspecified atom stereocenters. The molecule has 0 aliphatic heterocycles. The summed E-state index contributed by atoms with van der Waals surface area (Å²) >= 11 is 0. The summed E-state index contributed by atoms with van der Waals surface area (Å²) in [6, 6.07) is 0.385. The summed E-state index contributed by atoms with van der Waals surface area (Å²) in [4.78, 5) is 14.2. The van der Waals surface area contributed by atoms with E-state index < -0.39 is 0 Å². The Morgan fingerprint density at radius 2 is 2.11 bits per heavy atom. The van der Waals surface area contributed by atoms with E-state index >= 15 is 0 Å². The van der Waals surface area contributed by atoms with Crippen molar-refractivity contribution >= 4 is 5.97 Å². The van der Waals surface area contributed by atoms with Gasteiger partial charge >= 0.3 is 5.97 Å². The molecule has 0 saturated heterocycles. The van der Waals surface area contributed by atoms with Crippen LogP contribution >= 0.6 is 0 Å². The molecule has 0 aromatic rings. The monoisotopic (exact) mass is 270 g/mol. The van der Waals surface area contributed by atoms with Crippen molar-refractivity contribution in [2.24, 2.45) is 5.92 Å². The molecule has 1 aliphatic rings. The predicted octanol–water partition coefficient (Wildman–Crippen LogP) is 2.04. The smallest absolute Gasteiger partial charge is 0.322 e. The van der Waals surface area contributed by atoms with Gasteiger partial charge in [-0.05, 0) is 52.0 Å². The third-order valence-corrected chi connectivity index (χ3v) is 3.75. The third kappa shape index (κ3) is 6.39. The predicted molar refractivity (Wildman–Crippen MR) is 78.1 cm³/mol. The highest BCUT2D eigenvalue weighted by atomic mass is 16.5. The van der Waals surface area contributed by atoms with Crippen LogP contribution < -0.4 is 5.32 Å². The van der Waals surface area contributed by atoms with Gasteiger partial charge < -0.3 is 15.0 Å². The molecule has 4 heteroatoms. The molecule has 4 nitrogen and oxygen atoms in total. The Balaban J connectivity index is 2.39. The molecule has 0 radical (unpaired) electrons. The Hall–Kier alpha value is -0.610. The van der Waals surface area contributed by atoms with E-state index in [1.165, 1.54) is 26.5 Å². The van der Waals surface area contributed by atoms with Crippen molar-refractivity contribution in [3.8, 4) is 0 Å². The topological polar surface area (TPSA) is 41.6 Å². The summed E-state index contributed by atoms with van der Waals surface area (Å²) in [6.07, 6.45) is 4.61. The molecule has 1 rings (SSSR count). The van der Waals surface area contributed by atoms with Crippen LogP contribution in [0.1, 0.15) is 46.5 Å². The van der Waals surface area contributed by atoms with Crippen molar-refractivity contribution in [2.45, 2.75) is 58.5 Å². The van der Waals surface area contributed by atoms with Gasteiger partial charge in [-0.25, -0.2) is 0 Å². The lowest BCUT2D eigenvalue weighted by Crippen LogP contribution is -2.42. The molecular weight excluding hydrogens is 240 g/mol. The zero-order valence-corrected chi connectivity index (χ0v) is 12.9. The van der Waals surface area contributed by atoms with E-state index in [2.05, 4.69) is 31.0 Å². The minimum Gasteiger partial charge on any atom is -0.468 e. The maximum atomic E-state index is 11.7. The Kier molecular flexibility index (Phi) is 7.39. The number of ether oxygens (including phenoxy) is 1. The molecule has 0 amide bonds. The molecule has 1 aliphatic carbocycles. The fourth-order valence-corrected chi connectivity index (χ4v) is 2.25. The van der Waals surface area contributed by atoms with Crippen LogP contribution in [0, 0.1) is 5.92 Å². The maximum Gasteiger partial charge on any atom is 0.322 e. The molecule has 1 fully saturated rings. The molecule has 0 aromatic heterocycles. The minimum atomic E-state index is -0.162. The van der Waals surface area contributed by atoms with E-state index in [0.717, 1.165) is 31.8 Å². The van der Waals surface area contributed by atoms with Gasteiger partial charge in [0.1, 0.15) is 6.04 Å². The van der Waals surface area contributed by atoms with Crippen LogP contribution in [0.4, 0.5) is 0 Å².